The number of hydrogen-bond acceptors (Lipinski definition) is 2. The normalized spacial score (nSPS) is 22.4. The van der Waals surface area contributed by atoms with Crippen molar-refractivity contribution < 1.29 is 9.21 Å². The smallest absolute Gasteiger partial charge is 0.219 e. The van der Waals surface area contributed by atoms with Gasteiger partial charge in [-0.3, -0.25) is 4.79 Å². The fourth-order valence-corrected chi connectivity index (χ4v) is 2.12. The number of likely N-dealkylation sites (tertiary alicyclic amines) is 1. The van der Waals surface area contributed by atoms with E-state index in [2.05, 4.69) is 0 Å². The summed E-state index contributed by atoms with van der Waals surface area (Å²) in [6.07, 6.45) is 6.78. The predicted molar refractivity (Wildman–Crippen MR) is 52.7 cm³/mol. The molecule has 2 heterocycles. The maximum atomic E-state index is 11.4. The summed E-state index contributed by atoms with van der Waals surface area (Å²) >= 11 is 0. The van der Waals surface area contributed by atoms with Crippen LogP contribution in [0.1, 0.15) is 37.8 Å². The van der Waals surface area contributed by atoms with Crippen LogP contribution < -0.4 is 0 Å². The van der Waals surface area contributed by atoms with E-state index >= 15 is 0 Å². The molecule has 0 saturated carbocycles. The molecule has 0 radical (unpaired) electrons. The third kappa shape index (κ3) is 1.67. The lowest BCUT2D eigenvalue weighted by atomic mass is 9.97. The summed E-state index contributed by atoms with van der Waals surface area (Å²) in [6.45, 7) is 2.52. The van der Waals surface area contributed by atoms with Crippen molar-refractivity contribution in [2.24, 2.45) is 0 Å². The van der Waals surface area contributed by atoms with E-state index in [4.69, 9.17) is 4.42 Å². The van der Waals surface area contributed by atoms with Crippen LogP contribution in [0.2, 0.25) is 0 Å². The number of nitrogens with zero attached hydrogens (tertiary/aromatic N) is 1. The molecule has 1 aromatic rings. The van der Waals surface area contributed by atoms with Gasteiger partial charge in [-0.05, 0) is 25.3 Å². The SMILES string of the molecule is CC(=O)N1CCCC[C@@H]1c1ccoc1. The Hall–Kier alpha value is -1.25. The average molecular weight is 193 g/mol. The Morgan fingerprint density at radius 1 is 1.57 bits per heavy atom. The number of rotatable bonds is 1. The van der Waals surface area contributed by atoms with E-state index < -0.39 is 0 Å². The molecule has 1 aliphatic rings. The van der Waals surface area contributed by atoms with E-state index in [1.54, 1.807) is 19.5 Å². The van der Waals surface area contributed by atoms with Crippen LogP contribution in [0.15, 0.2) is 23.0 Å². The Balaban J connectivity index is 2.18. The lowest BCUT2D eigenvalue weighted by Gasteiger charge is -2.34. The second kappa shape index (κ2) is 3.86. The molecule has 0 unspecified atom stereocenters. The highest BCUT2D eigenvalue weighted by Crippen LogP contribution is 2.30. The van der Waals surface area contributed by atoms with E-state index in [0.29, 0.717) is 0 Å². The van der Waals surface area contributed by atoms with Crippen molar-refractivity contribution in [3.63, 3.8) is 0 Å². The molecule has 1 saturated heterocycles. The Morgan fingerprint density at radius 2 is 2.43 bits per heavy atom. The van der Waals surface area contributed by atoms with Gasteiger partial charge < -0.3 is 9.32 Å². The quantitative estimate of drug-likeness (QED) is 0.686. The standard InChI is InChI=1S/C11H15NO2/c1-9(13)12-6-3-2-4-11(12)10-5-7-14-8-10/h5,7-8,11H,2-4,6H2,1H3/t11-/m1/s1. The molecule has 0 aromatic carbocycles. The highest BCUT2D eigenvalue weighted by molar-refractivity contribution is 5.73. The third-order valence-electron chi connectivity index (χ3n) is 2.84. The second-order valence-corrected chi connectivity index (χ2v) is 3.78. The summed E-state index contributed by atoms with van der Waals surface area (Å²) < 4.78 is 5.06. The van der Waals surface area contributed by atoms with Crippen LogP contribution in [0.5, 0.6) is 0 Å². The zero-order valence-corrected chi connectivity index (χ0v) is 8.40. The molecule has 76 valence electrons. The van der Waals surface area contributed by atoms with Gasteiger partial charge in [-0.2, -0.15) is 0 Å². The predicted octanol–water partition coefficient (Wildman–Crippen LogP) is 2.35. The molecule has 3 heteroatoms. The van der Waals surface area contributed by atoms with Gasteiger partial charge in [0.05, 0.1) is 18.6 Å². The van der Waals surface area contributed by atoms with Crippen LogP contribution in [0.3, 0.4) is 0 Å². The molecule has 0 N–H and O–H groups in total. The van der Waals surface area contributed by atoms with Gasteiger partial charge in [0.25, 0.3) is 0 Å². The van der Waals surface area contributed by atoms with Crippen LogP contribution in [0.4, 0.5) is 0 Å². The van der Waals surface area contributed by atoms with Gasteiger partial charge in [-0.1, -0.05) is 0 Å². The molecule has 0 aliphatic carbocycles. The molecule has 1 aromatic heterocycles. The van der Waals surface area contributed by atoms with E-state index in [0.717, 1.165) is 24.9 Å². The highest BCUT2D eigenvalue weighted by Gasteiger charge is 2.26. The van der Waals surface area contributed by atoms with E-state index in [9.17, 15) is 4.79 Å². The van der Waals surface area contributed by atoms with E-state index in [-0.39, 0.29) is 11.9 Å². The summed E-state index contributed by atoms with van der Waals surface area (Å²) in [5.74, 6) is 0.163. The van der Waals surface area contributed by atoms with Crippen molar-refractivity contribution in [2.45, 2.75) is 32.2 Å². The van der Waals surface area contributed by atoms with Crippen molar-refractivity contribution in [3.05, 3.63) is 24.2 Å². The lowest BCUT2D eigenvalue weighted by molar-refractivity contribution is -0.132. The van der Waals surface area contributed by atoms with Crippen LogP contribution in [0.25, 0.3) is 0 Å². The number of carbonyl (C=O) groups excluding carboxylic acids is 1. The first kappa shape index (κ1) is 9.31. The zero-order chi connectivity index (χ0) is 9.97. The zero-order valence-electron chi connectivity index (χ0n) is 8.40. The molecular weight excluding hydrogens is 178 g/mol. The molecule has 1 fully saturated rings. The van der Waals surface area contributed by atoms with Gasteiger partial charge in [-0.25, -0.2) is 0 Å². The van der Waals surface area contributed by atoms with Gasteiger partial charge in [0.15, 0.2) is 0 Å². The first-order chi connectivity index (χ1) is 6.79. The Bertz CT molecular complexity index is 305. The van der Waals surface area contributed by atoms with Crippen LogP contribution >= 0.6 is 0 Å². The minimum atomic E-state index is 0.163. The number of hydrogen-bond donors (Lipinski definition) is 0. The second-order valence-electron chi connectivity index (χ2n) is 3.78. The molecule has 1 atom stereocenters. The van der Waals surface area contributed by atoms with Crippen LogP contribution in [-0.2, 0) is 4.79 Å². The number of carbonyl (C=O) groups is 1. The first-order valence-electron chi connectivity index (χ1n) is 5.08. The van der Waals surface area contributed by atoms with Gasteiger partial charge in [0.2, 0.25) is 5.91 Å². The van der Waals surface area contributed by atoms with Gasteiger partial charge in [0, 0.05) is 19.0 Å². The number of furan rings is 1. The van der Waals surface area contributed by atoms with E-state index in [1.165, 1.54) is 6.42 Å². The summed E-state index contributed by atoms with van der Waals surface area (Å²) in [5, 5.41) is 0. The largest absolute Gasteiger partial charge is 0.472 e. The fourth-order valence-electron chi connectivity index (χ4n) is 2.12. The minimum absolute atomic E-state index is 0.163. The molecule has 0 spiro atoms. The van der Waals surface area contributed by atoms with Gasteiger partial charge >= 0.3 is 0 Å². The Labute approximate surface area is 83.7 Å². The van der Waals surface area contributed by atoms with Gasteiger partial charge in [0.1, 0.15) is 0 Å². The fraction of sp³-hybridized carbons (Fsp3) is 0.545. The number of piperidine rings is 1. The first-order valence-corrected chi connectivity index (χ1v) is 5.08. The molecule has 3 nitrogen and oxygen atoms in total. The average Bonchev–Trinajstić information content (AvgIpc) is 2.70. The van der Waals surface area contributed by atoms with E-state index in [1.807, 2.05) is 11.0 Å². The summed E-state index contributed by atoms with van der Waals surface area (Å²) in [6, 6.07) is 2.19. The summed E-state index contributed by atoms with van der Waals surface area (Å²) in [7, 11) is 0. The van der Waals surface area contributed by atoms with Crippen molar-refractivity contribution in [3.8, 4) is 0 Å². The van der Waals surface area contributed by atoms with Crippen LogP contribution in [0, 0.1) is 0 Å². The van der Waals surface area contributed by atoms with Crippen LogP contribution in [-0.4, -0.2) is 17.4 Å². The monoisotopic (exact) mass is 193 g/mol. The maximum absolute atomic E-state index is 11.4. The van der Waals surface area contributed by atoms with Crippen molar-refractivity contribution in [2.75, 3.05) is 6.54 Å². The summed E-state index contributed by atoms with van der Waals surface area (Å²) in [5.41, 5.74) is 1.12. The number of amides is 1. The molecular formula is C11H15NO2. The molecule has 1 aliphatic heterocycles. The van der Waals surface area contributed by atoms with Gasteiger partial charge in [-0.15, -0.1) is 0 Å². The topological polar surface area (TPSA) is 33.5 Å². The third-order valence-corrected chi connectivity index (χ3v) is 2.84. The molecule has 1 amide bonds. The summed E-state index contributed by atoms with van der Waals surface area (Å²) in [4.78, 5) is 13.3. The lowest BCUT2D eigenvalue weighted by Crippen LogP contribution is -2.36. The molecule has 14 heavy (non-hydrogen) atoms. The minimum Gasteiger partial charge on any atom is -0.472 e. The maximum Gasteiger partial charge on any atom is 0.219 e. The Kier molecular flexibility index (Phi) is 2.57. The van der Waals surface area contributed by atoms with Crippen molar-refractivity contribution in [1.29, 1.82) is 0 Å². The molecule has 0 bridgehead atoms. The van der Waals surface area contributed by atoms with Crippen molar-refractivity contribution in [1.82, 2.24) is 4.90 Å². The Morgan fingerprint density at radius 3 is 3.07 bits per heavy atom. The highest BCUT2D eigenvalue weighted by atomic mass is 16.3. The van der Waals surface area contributed by atoms with Crippen molar-refractivity contribution >= 4 is 5.91 Å². The molecule has 2 rings (SSSR count).